The van der Waals surface area contributed by atoms with Crippen LogP contribution in [0.1, 0.15) is 5.56 Å². The molecule has 0 saturated heterocycles. The summed E-state index contributed by atoms with van der Waals surface area (Å²) in [5.74, 6) is -0.545. The lowest BCUT2D eigenvalue weighted by Gasteiger charge is -2.14. The zero-order chi connectivity index (χ0) is 15.9. The van der Waals surface area contributed by atoms with Gasteiger partial charge < -0.3 is 5.32 Å². The van der Waals surface area contributed by atoms with Gasteiger partial charge in [0.15, 0.2) is 0 Å². The molecule has 0 aliphatic rings. The van der Waals surface area contributed by atoms with Gasteiger partial charge >= 0.3 is 0 Å². The predicted molar refractivity (Wildman–Crippen MR) is 86.2 cm³/mol. The Morgan fingerprint density at radius 2 is 1.68 bits per heavy atom. The maximum atomic E-state index is 13.2. The Balaban J connectivity index is 2.00. The first-order chi connectivity index (χ1) is 10.5. The van der Waals surface area contributed by atoms with E-state index in [1.165, 1.54) is 18.2 Å². The summed E-state index contributed by atoms with van der Waals surface area (Å²) in [6.45, 7) is 1.94. The van der Waals surface area contributed by atoms with Crippen LogP contribution in [0.4, 0.5) is 15.8 Å². The van der Waals surface area contributed by atoms with Gasteiger partial charge in [-0.2, -0.15) is 0 Å². The van der Waals surface area contributed by atoms with Gasteiger partial charge in [-0.1, -0.05) is 41.4 Å². The minimum Gasteiger partial charge on any atom is -0.352 e. The molecule has 0 heterocycles. The van der Waals surface area contributed by atoms with Crippen molar-refractivity contribution in [1.29, 1.82) is 0 Å². The van der Waals surface area contributed by atoms with E-state index in [1.807, 2.05) is 19.1 Å². The molecule has 0 aliphatic heterocycles. The molecule has 0 aliphatic carbocycles. The molecule has 3 rings (SSSR count). The predicted octanol–water partition coefficient (Wildman–Crippen LogP) is 3.79. The van der Waals surface area contributed by atoms with Crippen molar-refractivity contribution in [2.75, 3.05) is 5.32 Å². The lowest BCUT2D eigenvalue weighted by molar-refractivity contribution is 0.628. The van der Waals surface area contributed by atoms with E-state index in [1.54, 1.807) is 12.1 Å². The third-order valence-corrected chi connectivity index (χ3v) is 3.73. The standard InChI is InChI=1S/C17H11ClFNO2/c1-9-2-4-10(5-3-9)14-15(17(22)16(14)21)20-11-6-7-13(19)12(18)8-11/h2-8,20H,1H3. The minimum absolute atomic E-state index is 0.0550. The van der Waals surface area contributed by atoms with E-state index in [2.05, 4.69) is 5.32 Å². The van der Waals surface area contributed by atoms with Crippen LogP contribution in [0.15, 0.2) is 52.1 Å². The molecule has 0 saturated carbocycles. The van der Waals surface area contributed by atoms with Gasteiger partial charge in [-0.15, -0.1) is 0 Å². The number of nitrogens with one attached hydrogen (secondary N) is 1. The zero-order valence-electron chi connectivity index (χ0n) is 11.6. The van der Waals surface area contributed by atoms with Crippen LogP contribution >= 0.6 is 11.6 Å². The van der Waals surface area contributed by atoms with E-state index in [9.17, 15) is 14.0 Å². The topological polar surface area (TPSA) is 46.2 Å². The molecule has 0 unspecified atom stereocenters. The van der Waals surface area contributed by atoms with Crippen LogP contribution in [0.2, 0.25) is 5.02 Å². The number of benzene rings is 2. The van der Waals surface area contributed by atoms with E-state index >= 15 is 0 Å². The van der Waals surface area contributed by atoms with Crippen LogP contribution in [-0.2, 0) is 0 Å². The lowest BCUT2D eigenvalue weighted by atomic mass is 9.97. The Morgan fingerprint density at radius 3 is 2.32 bits per heavy atom. The van der Waals surface area contributed by atoms with Crippen molar-refractivity contribution in [2.45, 2.75) is 6.92 Å². The second-order valence-corrected chi connectivity index (χ2v) is 5.44. The molecular formula is C17H11ClFNO2. The molecule has 0 spiro atoms. The van der Waals surface area contributed by atoms with E-state index in [0.717, 1.165) is 5.56 Å². The van der Waals surface area contributed by atoms with Gasteiger partial charge in [-0.05, 0) is 30.7 Å². The molecule has 0 amide bonds. The number of aryl methyl sites for hydroxylation is 1. The molecule has 0 radical (unpaired) electrons. The minimum atomic E-state index is -0.587. The van der Waals surface area contributed by atoms with E-state index in [0.29, 0.717) is 16.8 Å². The summed E-state index contributed by atoms with van der Waals surface area (Å²) in [6.07, 6.45) is 0. The Hall–Kier alpha value is -2.46. The first kappa shape index (κ1) is 14.5. The summed E-state index contributed by atoms with van der Waals surface area (Å²) in [5, 5.41) is 2.79. The Labute approximate surface area is 130 Å². The van der Waals surface area contributed by atoms with Gasteiger partial charge in [0.05, 0.1) is 10.6 Å². The highest BCUT2D eigenvalue weighted by Gasteiger charge is 2.22. The highest BCUT2D eigenvalue weighted by atomic mass is 35.5. The van der Waals surface area contributed by atoms with Crippen molar-refractivity contribution in [3.63, 3.8) is 0 Å². The van der Waals surface area contributed by atoms with Crippen LogP contribution in [-0.4, -0.2) is 0 Å². The molecule has 3 nitrogen and oxygen atoms in total. The highest BCUT2D eigenvalue weighted by molar-refractivity contribution is 6.31. The van der Waals surface area contributed by atoms with E-state index in [4.69, 9.17) is 11.6 Å². The first-order valence-corrected chi connectivity index (χ1v) is 6.97. The van der Waals surface area contributed by atoms with Crippen LogP contribution in [0.5, 0.6) is 0 Å². The molecule has 3 aromatic carbocycles. The Bertz CT molecular complexity index is 925. The van der Waals surface area contributed by atoms with Gasteiger partial charge in [0.25, 0.3) is 5.43 Å². The molecule has 0 fully saturated rings. The number of halogens is 2. The molecule has 5 heteroatoms. The molecule has 3 aromatic rings. The maximum absolute atomic E-state index is 13.2. The van der Waals surface area contributed by atoms with Gasteiger partial charge in [0.1, 0.15) is 11.5 Å². The molecule has 0 atom stereocenters. The maximum Gasteiger partial charge on any atom is 0.250 e. The van der Waals surface area contributed by atoms with Gasteiger partial charge in [-0.3, -0.25) is 9.59 Å². The first-order valence-electron chi connectivity index (χ1n) is 6.60. The third kappa shape index (κ3) is 2.42. The van der Waals surface area contributed by atoms with Crippen molar-refractivity contribution in [3.05, 3.63) is 79.3 Å². The van der Waals surface area contributed by atoms with Crippen LogP contribution in [0.25, 0.3) is 11.1 Å². The number of rotatable bonds is 3. The smallest absolute Gasteiger partial charge is 0.250 e. The average molecular weight is 316 g/mol. The Morgan fingerprint density at radius 1 is 1.00 bits per heavy atom. The number of hydrogen-bond acceptors (Lipinski definition) is 3. The number of hydrogen-bond donors (Lipinski definition) is 1. The quantitative estimate of drug-likeness (QED) is 0.748. The van der Waals surface area contributed by atoms with Crippen LogP contribution < -0.4 is 16.2 Å². The molecule has 0 bridgehead atoms. The largest absolute Gasteiger partial charge is 0.352 e. The fourth-order valence-corrected chi connectivity index (χ4v) is 2.41. The monoisotopic (exact) mass is 315 g/mol. The third-order valence-electron chi connectivity index (χ3n) is 3.44. The molecular weight excluding hydrogens is 305 g/mol. The summed E-state index contributed by atoms with van der Waals surface area (Å²) in [7, 11) is 0. The summed E-state index contributed by atoms with van der Waals surface area (Å²) < 4.78 is 13.2. The van der Waals surface area contributed by atoms with Crippen LogP contribution in [0, 0.1) is 12.7 Å². The van der Waals surface area contributed by atoms with E-state index in [-0.39, 0.29) is 10.7 Å². The molecule has 22 heavy (non-hydrogen) atoms. The average Bonchev–Trinajstić information content (AvgIpc) is 2.51. The highest BCUT2D eigenvalue weighted by Crippen LogP contribution is 2.28. The van der Waals surface area contributed by atoms with Crippen molar-refractivity contribution in [1.82, 2.24) is 0 Å². The summed E-state index contributed by atoms with van der Waals surface area (Å²) in [6, 6.07) is 11.3. The van der Waals surface area contributed by atoms with Gasteiger partial charge in [0, 0.05) is 5.69 Å². The fraction of sp³-hybridized carbons (Fsp3) is 0.0588. The molecule has 110 valence electrons. The summed E-state index contributed by atoms with van der Waals surface area (Å²) in [4.78, 5) is 23.6. The van der Waals surface area contributed by atoms with Crippen LogP contribution in [0.3, 0.4) is 0 Å². The summed E-state index contributed by atoms with van der Waals surface area (Å²) >= 11 is 5.71. The van der Waals surface area contributed by atoms with Gasteiger partial charge in [-0.25, -0.2) is 4.39 Å². The molecule has 1 N–H and O–H groups in total. The summed E-state index contributed by atoms with van der Waals surface area (Å²) in [5.41, 5.74) is 1.61. The van der Waals surface area contributed by atoms with Crippen molar-refractivity contribution in [3.8, 4) is 11.1 Å². The van der Waals surface area contributed by atoms with E-state index < -0.39 is 16.7 Å². The SMILES string of the molecule is Cc1ccc(-c2c(Nc3ccc(F)c(Cl)c3)c(=O)c2=O)cc1. The van der Waals surface area contributed by atoms with Crippen molar-refractivity contribution in [2.24, 2.45) is 0 Å². The number of anilines is 2. The Kier molecular flexibility index (Phi) is 3.54. The molecule has 0 aromatic heterocycles. The normalized spacial score (nSPS) is 10.9. The lowest BCUT2D eigenvalue weighted by Crippen LogP contribution is -2.35. The second kappa shape index (κ2) is 5.39. The van der Waals surface area contributed by atoms with Gasteiger partial charge in [0.2, 0.25) is 5.43 Å². The van der Waals surface area contributed by atoms with Crippen molar-refractivity contribution >= 4 is 23.0 Å². The zero-order valence-corrected chi connectivity index (χ0v) is 12.4. The second-order valence-electron chi connectivity index (χ2n) is 5.03. The fourth-order valence-electron chi connectivity index (χ4n) is 2.22. The van der Waals surface area contributed by atoms with Crippen molar-refractivity contribution < 1.29 is 4.39 Å².